The van der Waals surface area contributed by atoms with Crippen molar-refractivity contribution >= 4 is 0 Å². The molecule has 0 saturated heterocycles. The Morgan fingerprint density at radius 3 is 2.67 bits per heavy atom. The second-order valence-corrected chi connectivity index (χ2v) is 3.37. The second-order valence-electron chi connectivity index (χ2n) is 3.37. The van der Waals surface area contributed by atoms with Gasteiger partial charge < -0.3 is 5.73 Å². The summed E-state index contributed by atoms with van der Waals surface area (Å²) in [6.07, 6.45) is 5.58. The Kier molecular flexibility index (Phi) is 2.52. The van der Waals surface area contributed by atoms with Gasteiger partial charge in [-0.2, -0.15) is 0 Å². The molecule has 0 spiro atoms. The predicted octanol–water partition coefficient (Wildman–Crippen LogP) is 1.77. The molecule has 2 atom stereocenters. The molecule has 1 fully saturated rings. The van der Waals surface area contributed by atoms with Crippen molar-refractivity contribution in [2.24, 2.45) is 17.6 Å². The minimum Gasteiger partial charge on any atom is -0.330 e. The molecule has 0 unspecified atom stereocenters. The number of nitrogens with two attached hydrogens (primary N) is 1. The highest BCUT2D eigenvalue weighted by Gasteiger charge is 2.16. The zero-order valence-electron chi connectivity index (χ0n) is 6.27. The summed E-state index contributed by atoms with van der Waals surface area (Å²) in [6.45, 7) is 3.24. The van der Waals surface area contributed by atoms with Crippen molar-refractivity contribution in [2.75, 3.05) is 6.54 Å². The Balaban J connectivity index is 2.23. The van der Waals surface area contributed by atoms with E-state index in [1.807, 2.05) is 0 Å². The third-order valence-corrected chi connectivity index (χ3v) is 2.38. The maximum absolute atomic E-state index is 5.57. The highest BCUT2D eigenvalue weighted by Crippen LogP contribution is 2.27. The van der Waals surface area contributed by atoms with E-state index in [0.29, 0.717) is 0 Å². The van der Waals surface area contributed by atoms with Gasteiger partial charge in [0.15, 0.2) is 0 Å². The summed E-state index contributed by atoms with van der Waals surface area (Å²) in [6, 6.07) is 0. The molecule has 0 aliphatic heterocycles. The first-order chi connectivity index (χ1) is 4.33. The van der Waals surface area contributed by atoms with Crippen molar-refractivity contribution in [1.82, 2.24) is 0 Å². The molecule has 0 aromatic rings. The SMILES string of the molecule is C[C@H]1CCC[C@H](CN)C1. The number of rotatable bonds is 1. The zero-order valence-corrected chi connectivity index (χ0v) is 6.27. The largest absolute Gasteiger partial charge is 0.330 e. The molecule has 1 nitrogen and oxygen atoms in total. The van der Waals surface area contributed by atoms with Crippen molar-refractivity contribution < 1.29 is 0 Å². The molecule has 54 valence electrons. The van der Waals surface area contributed by atoms with E-state index in [9.17, 15) is 0 Å². The Hall–Kier alpha value is -0.0400. The van der Waals surface area contributed by atoms with Gasteiger partial charge >= 0.3 is 0 Å². The average Bonchev–Trinajstić information content (AvgIpc) is 1.88. The molecule has 0 amide bonds. The zero-order chi connectivity index (χ0) is 6.69. The molecule has 1 rings (SSSR count). The smallest absolute Gasteiger partial charge is 0.00488 e. The standard InChI is InChI=1S/C8H17N/c1-7-3-2-4-8(5-7)6-9/h7-8H,2-6,9H2,1H3/t7-,8-/m0/s1. The first kappa shape index (κ1) is 7.07. The van der Waals surface area contributed by atoms with Crippen LogP contribution in [0.5, 0.6) is 0 Å². The van der Waals surface area contributed by atoms with Gasteiger partial charge in [0.2, 0.25) is 0 Å². The highest BCUT2D eigenvalue weighted by molar-refractivity contribution is 4.70. The van der Waals surface area contributed by atoms with E-state index in [0.717, 1.165) is 18.4 Å². The van der Waals surface area contributed by atoms with Gasteiger partial charge in [-0.1, -0.05) is 19.8 Å². The molecule has 9 heavy (non-hydrogen) atoms. The first-order valence-corrected chi connectivity index (χ1v) is 4.03. The van der Waals surface area contributed by atoms with Gasteiger partial charge in [0.25, 0.3) is 0 Å². The van der Waals surface area contributed by atoms with E-state index in [4.69, 9.17) is 5.73 Å². The van der Waals surface area contributed by atoms with E-state index < -0.39 is 0 Å². The van der Waals surface area contributed by atoms with Crippen LogP contribution in [0.1, 0.15) is 32.6 Å². The maximum Gasteiger partial charge on any atom is -0.00488 e. The molecule has 0 aromatic heterocycles. The Labute approximate surface area is 57.6 Å². The van der Waals surface area contributed by atoms with E-state index in [1.54, 1.807) is 0 Å². The van der Waals surface area contributed by atoms with Crippen LogP contribution in [-0.4, -0.2) is 6.54 Å². The number of hydrogen-bond donors (Lipinski definition) is 1. The summed E-state index contributed by atoms with van der Waals surface area (Å²) >= 11 is 0. The van der Waals surface area contributed by atoms with Crippen molar-refractivity contribution in [2.45, 2.75) is 32.6 Å². The molecule has 2 N–H and O–H groups in total. The Morgan fingerprint density at radius 2 is 2.22 bits per heavy atom. The molecule has 1 saturated carbocycles. The van der Waals surface area contributed by atoms with Gasteiger partial charge in [0, 0.05) is 0 Å². The van der Waals surface area contributed by atoms with Gasteiger partial charge in [0.05, 0.1) is 0 Å². The fourth-order valence-electron chi connectivity index (χ4n) is 1.77. The molecule has 0 bridgehead atoms. The average molecular weight is 127 g/mol. The summed E-state index contributed by atoms with van der Waals surface area (Å²) in [4.78, 5) is 0. The monoisotopic (exact) mass is 127 g/mol. The Morgan fingerprint density at radius 1 is 1.44 bits per heavy atom. The minimum absolute atomic E-state index is 0.841. The summed E-state index contributed by atoms with van der Waals surface area (Å²) < 4.78 is 0. The van der Waals surface area contributed by atoms with E-state index in [-0.39, 0.29) is 0 Å². The molecular weight excluding hydrogens is 110 g/mol. The van der Waals surface area contributed by atoms with Crippen LogP contribution in [0.15, 0.2) is 0 Å². The fourth-order valence-corrected chi connectivity index (χ4v) is 1.77. The van der Waals surface area contributed by atoms with Crippen molar-refractivity contribution in [3.8, 4) is 0 Å². The number of hydrogen-bond acceptors (Lipinski definition) is 1. The summed E-state index contributed by atoms with van der Waals surface area (Å²) in [5.74, 6) is 1.78. The molecule has 1 heteroatoms. The first-order valence-electron chi connectivity index (χ1n) is 4.03. The van der Waals surface area contributed by atoms with Crippen molar-refractivity contribution in [1.29, 1.82) is 0 Å². The summed E-state index contributed by atoms with van der Waals surface area (Å²) in [5, 5.41) is 0. The van der Waals surface area contributed by atoms with Crippen LogP contribution in [-0.2, 0) is 0 Å². The van der Waals surface area contributed by atoms with Crippen LogP contribution in [0.25, 0.3) is 0 Å². The van der Waals surface area contributed by atoms with Gasteiger partial charge in [-0.3, -0.25) is 0 Å². The van der Waals surface area contributed by atoms with Crippen LogP contribution < -0.4 is 5.73 Å². The van der Waals surface area contributed by atoms with Gasteiger partial charge in [0.1, 0.15) is 0 Å². The molecule has 0 radical (unpaired) electrons. The van der Waals surface area contributed by atoms with Crippen LogP contribution >= 0.6 is 0 Å². The third kappa shape index (κ3) is 1.98. The minimum atomic E-state index is 0.841. The summed E-state index contributed by atoms with van der Waals surface area (Å²) in [7, 11) is 0. The summed E-state index contributed by atoms with van der Waals surface area (Å²) in [5.41, 5.74) is 5.57. The lowest BCUT2D eigenvalue weighted by atomic mass is 9.83. The van der Waals surface area contributed by atoms with Gasteiger partial charge in [-0.05, 0) is 31.2 Å². The quantitative estimate of drug-likeness (QED) is 0.570. The van der Waals surface area contributed by atoms with Crippen LogP contribution in [0.4, 0.5) is 0 Å². The Bertz CT molecular complexity index is 80.6. The van der Waals surface area contributed by atoms with E-state index >= 15 is 0 Å². The molecule has 1 aliphatic rings. The van der Waals surface area contributed by atoms with Crippen LogP contribution in [0.2, 0.25) is 0 Å². The van der Waals surface area contributed by atoms with E-state index in [2.05, 4.69) is 6.92 Å². The lowest BCUT2D eigenvalue weighted by Crippen LogP contribution is -2.20. The normalized spacial score (nSPS) is 36.7. The van der Waals surface area contributed by atoms with Gasteiger partial charge in [-0.25, -0.2) is 0 Å². The van der Waals surface area contributed by atoms with Crippen molar-refractivity contribution in [3.63, 3.8) is 0 Å². The van der Waals surface area contributed by atoms with Gasteiger partial charge in [-0.15, -0.1) is 0 Å². The van der Waals surface area contributed by atoms with E-state index in [1.165, 1.54) is 25.7 Å². The third-order valence-electron chi connectivity index (χ3n) is 2.38. The topological polar surface area (TPSA) is 26.0 Å². The van der Waals surface area contributed by atoms with Crippen LogP contribution in [0.3, 0.4) is 0 Å². The molecule has 0 aromatic carbocycles. The lowest BCUT2D eigenvalue weighted by molar-refractivity contribution is 0.288. The van der Waals surface area contributed by atoms with Crippen LogP contribution in [0, 0.1) is 11.8 Å². The highest BCUT2D eigenvalue weighted by atomic mass is 14.5. The molecule has 0 heterocycles. The lowest BCUT2D eigenvalue weighted by Gasteiger charge is -2.25. The second kappa shape index (κ2) is 3.21. The molecule has 1 aliphatic carbocycles. The predicted molar refractivity (Wildman–Crippen MR) is 40.2 cm³/mol. The fraction of sp³-hybridized carbons (Fsp3) is 1.00. The maximum atomic E-state index is 5.57. The molecular formula is C8H17N. The van der Waals surface area contributed by atoms with Crippen molar-refractivity contribution in [3.05, 3.63) is 0 Å².